The lowest BCUT2D eigenvalue weighted by molar-refractivity contribution is -0.124. The molecule has 1 aliphatic rings. The van der Waals surface area contributed by atoms with E-state index in [-0.39, 0.29) is 11.8 Å². The fraction of sp³-hybridized carbons (Fsp3) is 0.172. The number of nitrogens with two attached hydrogens (primary N) is 1. The molecule has 3 amide bonds. The van der Waals surface area contributed by atoms with Crippen LogP contribution in [0.25, 0.3) is 22.7 Å². The van der Waals surface area contributed by atoms with E-state index in [0.717, 1.165) is 10.9 Å². The van der Waals surface area contributed by atoms with Crippen molar-refractivity contribution in [3.05, 3.63) is 89.7 Å². The van der Waals surface area contributed by atoms with Gasteiger partial charge in [-0.3, -0.25) is 14.4 Å². The highest BCUT2D eigenvalue weighted by atomic mass is 16.3. The summed E-state index contributed by atoms with van der Waals surface area (Å²) in [5.74, 6) is -1.55. The fourth-order valence-corrected chi connectivity index (χ4v) is 4.55. The highest BCUT2D eigenvalue weighted by Gasteiger charge is 2.30. The number of rotatable bonds is 7. The van der Waals surface area contributed by atoms with Gasteiger partial charge in [-0.25, -0.2) is 4.98 Å². The van der Waals surface area contributed by atoms with Crippen LogP contribution in [-0.2, 0) is 14.4 Å². The van der Waals surface area contributed by atoms with E-state index in [1.54, 1.807) is 48.5 Å². The Balaban J connectivity index is 1.34. The quantitative estimate of drug-likeness (QED) is 0.283. The largest absolute Gasteiger partial charge is 0.383 e. The molecule has 0 aliphatic carbocycles. The normalized spacial score (nSPS) is 16.6. The van der Waals surface area contributed by atoms with Crippen molar-refractivity contribution >= 4 is 51.8 Å². The van der Waals surface area contributed by atoms with Crippen LogP contribution in [0, 0.1) is 0 Å². The maximum absolute atomic E-state index is 13.0. The number of primary amides is 1. The van der Waals surface area contributed by atoms with Crippen molar-refractivity contribution in [2.75, 3.05) is 16.8 Å². The molecule has 4 aromatic rings. The zero-order chi connectivity index (χ0) is 26.8. The zero-order valence-corrected chi connectivity index (χ0v) is 20.7. The van der Waals surface area contributed by atoms with Gasteiger partial charge in [-0.1, -0.05) is 42.5 Å². The molecule has 192 valence electrons. The standard InChI is InChI=1S/C29H27N5O4/c1-17(18-7-9-22(10-8-18)34-12-11-25(35)29(34)38)28(37)33-21-14-24-20(15-31-27(24)32-16-21)13-23(26(30)36)19-5-3-2-4-6-19/h2-10,13-17,25,35H,11-12H2,1H3,(H2,30,36)(H,31,32)(H,33,37). The number of aliphatic hydroxyl groups excluding tert-OH is 1. The number of aliphatic hydroxyl groups is 1. The van der Waals surface area contributed by atoms with E-state index in [9.17, 15) is 19.5 Å². The van der Waals surface area contributed by atoms with Gasteiger partial charge in [-0.05, 0) is 42.3 Å². The van der Waals surface area contributed by atoms with Gasteiger partial charge in [0, 0.05) is 41.4 Å². The van der Waals surface area contributed by atoms with Crippen molar-refractivity contribution in [3.8, 4) is 0 Å². The van der Waals surface area contributed by atoms with E-state index >= 15 is 0 Å². The first kappa shape index (κ1) is 24.9. The van der Waals surface area contributed by atoms with Crippen molar-refractivity contribution in [2.45, 2.75) is 25.4 Å². The van der Waals surface area contributed by atoms with Crippen LogP contribution >= 0.6 is 0 Å². The molecule has 0 saturated carbocycles. The van der Waals surface area contributed by atoms with Gasteiger partial charge < -0.3 is 26.0 Å². The van der Waals surface area contributed by atoms with Gasteiger partial charge in [0.25, 0.3) is 5.91 Å². The first-order valence-electron chi connectivity index (χ1n) is 12.3. The molecule has 2 aromatic carbocycles. The summed E-state index contributed by atoms with van der Waals surface area (Å²) in [4.78, 5) is 46.3. The first-order valence-corrected chi connectivity index (χ1v) is 12.3. The van der Waals surface area contributed by atoms with Crippen molar-refractivity contribution in [1.82, 2.24) is 9.97 Å². The van der Waals surface area contributed by atoms with E-state index in [4.69, 9.17) is 5.73 Å². The lowest BCUT2D eigenvalue weighted by atomic mass is 9.99. The average molecular weight is 510 g/mol. The van der Waals surface area contributed by atoms with Crippen LogP contribution in [0.5, 0.6) is 0 Å². The fourth-order valence-electron chi connectivity index (χ4n) is 4.55. The van der Waals surface area contributed by atoms with Crippen LogP contribution in [0.4, 0.5) is 11.4 Å². The summed E-state index contributed by atoms with van der Waals surface area (Å²) in [6.45, 7) is 2.26. The van der Waals surface area contributed by atoms with E-state index < -0.39 is 17.9 Å². The number of carbonyl (C=O) groups is 3. The van der Waals surface area contributed by atoms with Gasteiger partial charge in [-0.15, -0.1) is 0 Å². The number of nitrogens with zero attached hydrogens (tertiary/aromatic N) is 2. The van der Waals surface area contributed by atoms with Gasteiger partial charge in [-0.2, -0.15) is 0 Å². The molecule has 0 radical (unpaired) electrons. The SMILES string of the molecule is CC(C(=O)Nc1cnc2[nH]cc(C=C(C(N)=O)c3ccccc3)c2c1)c1ccc(N2CCC(O)C2=O)cc1. The molecule has 2 unspecified atom stereocenters. The Morgan fingerprint density at radius 3 is 2.58 bits per heavy atom. The van der Waals surface area contributed by atoms with Gasteiger partial charge in [0.15, 0.2) is 0 Å². The van der Waals surface area contributed by atoms with Crippen LogP contribution in [0.1, 0.15) is 36.0 Å². The monoisotopic (exact) mass is 509 g/mol. The van der Waals surface area contributed by atoms with Gasteiger partial charge >= 0.3 is 0 Å². The van der Waals surface area contributed by atoms with Crippen LogP contribution in [0.15, 0.2) is 73.1 Å². The lowest BCUT2D eigenvalue weighted by Gasteiger charge is -2.18. The molecule has 2 aromatic heterocycles. The smallest absolute Gasteiger partial charge is 0.255 e. The number of anilines is 2. The molecule has 2 atom stereocenters. The molecule has 9 nitrogen and oxygen atoms in total. The Kier molecular flexibility index (Phi) is 6.76. The molecule has 0 bridgehead atoms. The Hall–Kier alpha value is -4.76. The predicted molar refractivity (Wildman–Crippen MR) is 146 cm³/mol. The molecule has 0 spiro atoms. The number of amides is 3. The first-order chi connectivity index (χ1) is 18.3. The Bertz CT molecular complexity index is 1540. The number of pyridine rings is 1. The van der Waals surface area contributed by atoms with Gasteiger partial charge in [0.2, 0.25) is 11.8 Å². The number of hydrogen-bond acceptors (Lipinski definition) is 5. The van der Waals surface area contributed by atoms with Crippen molar-refractivity contribution in [1.29, 1.82) is 0 Å². The molecule has 38 heavy (non-hydrogen) atoms. The number of fused-ring (bicyclic) bond motifs is 1. The van der Waals surface area contributed by atoms with Crippen LogP contribution < -0.4 is 16.0 Å². The maximum Gasteiger partial charge on any atom is 0.255 e. The molecule has 1 fully saturated rings. The summed E-state index contributed by atoms with van der Waals surface area (Å²) in [7, 11) is 0. The molecule has 1 saturated heterocycles. The summed E-state index contributed by atoms with van der Waals surface area (Å²) < 4.78 is 0. The summed E-state index contributed by atoms with van der Waals surface area (Å²) in [6, 6.07) is 18.1. The average Bonchev–Trinajstić information content (AvgIpc) is 3.49. The van der Waals surface area contributed by atoms with Crippen LogP contribution in [0.2, 0.25) is 0 Å². The Labute approximate surface area is 219 Å². The summed E-state index contributed by atoms with van der Waals surface area (Å²) >= 11 is 0. The summed E-state index contributed by atoms with van der Waals surface area (Å²) in [6.07, 6.45) is 4.46. The third-order valence-corrected chi connectivity index (χ3v) is 6.76. The minimum Gasteiger partial charge on any atom is -0.383 e. The molecular formula is C29H27N5O4. The number of H-pyrrole nitrogens is 1. The van der Waals surface area contributed by atoms with E-state index in [1.165, 1.54) is 0 Å². The number of benzene rings is 2. The second-order valence-corrected chi connectivity index (χ2v) is 9.25. The summed E-state index contributed by atoms with van der Waals surface area (Å²) in [5.41, 5.74) is 10.0. The number of carbonyl (C=O) groups excluding carboxylic acids is 3. The highest BCUT2D eigenvalue weighted by Crippen LogP contribution is 2.28. The van der Waals surface area contributed by atoms with Gasteiger partial charge in [0.1, 0.15) is 11.8 Å². The molecule has 1 aliphatic heterocycles. The van der Waals surface area contributed by atoms with E-state index in [1.807, 2.05) is 42.5 Å². The molecular weight excluding hydrogens is 482 g/mol. The second kappa shape index (κ2) is 10.3. The molecule has 3 heterocycles. The number of hydrogen-bond donors (Lipinski definition) is 4. The van der Waals surface area contributed by atoms with Crippen LogP contribution in [0.3, 0.4) is 0 Å². The molecule has 5 N–H and O–H groups in total. The minimum absolute atomic E-state index is 0.221. The Morgan fingerprint density at radius 2 is 1.92 bits per heavy atom. The maximum atomic E-state index is 13.0. The van der Waals surface area contributed by atoms with Gasteiger partial charge in [0.05, 0.1) is 17.8 Å². The summed E-state index contributed by atoms with van der Waals surface area (Å²) in [5, 5.41) is 13.3. The van der Waals surface area contributed by atoms with E-state index in [0.29, 0.717) is 46.7 Å². The predicted octanol–water partition coefficient (Wildman–Crippen LogP) is 3.43. The zero-order valence-electron chi connectivity index (χ0n) is 20.7. The topological polar surface area (TPSA) is 141 Å². The van der Waals surface area contributed by atoms with E-state index in [2.05, 4.69) is 15.3 Å². The van der Waals surface area contributed by atoms with Crippen molar-refractivity contribution in [3.63, 3.8) is 0 Å². The highest BCUT2D eigenvalue weighted by molar-refractivity contribution is 6.24. The lowest BCUT2D eigenvalue weighted by Crippen LogP contribution is -2.29. The number of aromatic nitrogens is 2. The number of aromatic amines is 1. The Morgan fingerprint density at radius 1 is 1.18 bits per heavy atom. The van der Waals surface area contributed by atoms with Crippen molar-refractivity contribution in [2.24, 2.45) is 5.73 Å². The molecule has 9 heteroatoms. The third kappa shape index (κ3) is 4.91. The third-order valence-electron chi connectivity index (χ3n) is 6.76. The number of nitrogens with one attached hydrogen (secondary N) is 2. The second-order valence-electron chi connectivity index (χ2n) is 9.25. The van der Waals surface area contributed by atoms with Crippen LogP contribution in [-0.4, -0.2) is 45.4 Å². The minimum atomic E-state index is -0.956. The van der Waals surface area contributed by atoms with Crippen molar-refractivity contribution < 1.29 is 19.5 Å². The molecule has 5 rings (SSSR count).